The minimum Gasteiger partial charge on any atom is -0.313 e. The largest absolute Gasteiger partial charge is 0.313 e. The van der Waals surface area contributed by atoms with Crippen LogP contribution in [0, 0.1) is 5.92 Å². The van der Waals surface area contributed by atoms with E-state index in [4.69, 9.17) is 0 Å². The van der Waals surface area contributed by atoms with E-state index >= 15 is 0 Å². The van der Waals surface area contributed by atoms with Crippen LogP contribution in [-0.4, -0.2) is 17.6 Å². The monoisotopic (exact) mass is 240 g/mol. The van der Waals surface area contributed by atoms with E-state index in [1.165, 1.54) is 24.3 Å². The molecule has 2 atom stereocenters. The molecule has 1 aromatic heterocycles. The first kappa shape index (κ1) is 13.7. The summed E-state index contributed by atoms with van der Waals surface area (Å²) in [5, 5.41) is 6.99. The normalized spacial score (nSPS) is 14.9. The van der Waals surface area contributed by atoms with Gasteiger partial charge in [-0.2, -0.15) is 0 Å². The van der Waals surface area contributed by atoms with Crippen molar-refractivity contribution >= 4 is 11.3 Å². The Morgan fingerprint density at radius 1 is 1.38 bits per heavy atom. The van der Waals surface area contributed by atoms with Crippen LogP contribution in [0.1, 0.15) is 45.0 Å². The van der Waals surface area contributed by atoms with Crippen LogP contribution in [0.25, 0.3) is 0 Å². The van der Waals surface area contributed by atoms with Crippen LogP contribution in [0.3, 0.4) is 0 Å². The number of hydrogen-bond acceptors (Lipinski definition) is 3. The van der Waals surface area contributed by atoms with Crippen molar-refractivity contribution in [1.82, 2.24) is 10.3 Å². The molecule has 3 heteroatoms. The summed E-state index contributed by atoms with van der Waals surface area (Å²) in [4.78, 5) is 4.39. The summed E-state index contributed by atoms with van der Waals surface area (Å²) in [6, 6.07) is 0.589. The van der Waals surface area contributed by atoms with E-state index in [1.807, 2.05) is 6.20 Å². The third-order valence-electron chi connectivity index (χ3n) is 2.97. The Balaban J connectivity index is 2.49. The summed E-state index contributed by atoms with van der Waals surface area (Å²) < 4.78 is 0. The van der Waals surface area contributed by atoms with E-state index < -0.39 is 0 Å². The van der Waals surface area contributed by atoms with Crippen molar-refractivity contribution in [2.75, 3.05) is 6.54 Å². The van der Waals surface area contributed by atoms with Crippen LogP contribution < -0.4 is 5.32 Å². The van der Waals surface area contributed by atoms with Gasteiger partial charge in [-0.05, 0) is 25.3 Å². The Bertz CT molecular complexity index is 259. The third-order valence-corrected chi connectivity index (χ3v) is 3.77. The maximum absolute atomic E-state index is 4.39. The summed E-state index contributed by atoms with van der Waals surface area (Å²) in [6.45, 7) is 7.95. The fourth-order valence-corrected chi connectivity index (χ4v) is 2.68. The van der Waals surface area contributed by atoms with E-state index in [0.29, 0.717) is 6.04 Å². The molecule has 0 aliphatic carbocycles. The highest BCUT2D eigenvalue weighted by Crippen LogP contribution is 2.16. The highest BCUT2D eigenvalue weighted by atomic mass is 32.1. The number of thiazole rings is 1. The van der Waals surface area contributed by atoms with E-state index in [1.54, 1.807) is 11.3 Å². The summed E-state index contributed by atoms with van der Waals surface area (Å²) in [5.74, 6) is 0.737. The minimum absolute atomic E-state index is 0.589. The molecule has 0 spiro atoms. The first-order valence-corrected chi connectivity index (χ1v) is 7.27. The SMILES string of the molecule is CCCNC(Cc1nccs1)C(C)CCC. The second-order valence-corrected chi connectivity index (χ2v) is 5.44. The molecule has 1 rings (SSSR count). The number of hydrogen-bond donors (Lipinski definition) is 1. The molecule has 0 fully saturated rings. The van der Waals surface area contributed by atoms with Gasteiger partial charge in [0, 0.05) is 24.0 Å². The predicted molar refractivity (Wildman–Crippen MR) is 72.0 cm³/mol. The highest BCUT2D eigenvalue weighted by molar-refractivity contribution is 7.09. The average Bonchev–Trinajstić information content (AvgIpc) is 2.77. The predicted octanol–water partition coefficient (Wildman–Crippen LogP) is 3.49. The molecule has 0 aliphatic heterocycles. The summed E-state index contributed by atoms with van der Waals surface area (Å²) >= 11 is 1.77. The lowest BCUT2D eigenvalue weighted by atomic mass is 9.94. The molecule has 2 nitrogen and oxygen atoms in total. The topological polar surface area (TPSA) is 24.9 Å². The molecule has 2 unspecified atom stereocenters. The molecular weight excluding hydrogens is 216 g/mol. The number of nitrogens with one attached hydrogen (secondary N) is 1. The van der Waals surface area contributed by atoms with Crippen LogP contribution in [0.2, 0.25) is 0 Å². The molecule has 0 saturated carbocycles. The van der Waals surface area contributed by atoms with Crippen LogP contribution in [0.4, 0.5) is 0 Å². The number of rotatable bonds is 8. The molecule has 0 radical (unpaired) electrons. The van der Waals surface area contributed by atoms with Gasteiger partial charge in [0.15, 0.2) is 0 Å². The lowest BCUT2D eigenvalue weighted by molar-refractivity contribution is 0.352. The first-order chi connectivity index (χ1) is 7.77. The maximum atomic E-state index is 4.39. The number of aromatic nitrogens is 1. The summed E-state index contributed by atoms with van der Waals surface area (Å²) in [7, 11) is 0. The van der Waals surface area contributed by atoms with Gasteiger partial charge in [-0.25, -0.2) is 4.98 Å². The summed E-state index contributed by atoms with van der Waals surface area (Å²) in [6.07, 6.45) is 6.75. The van der Waals surface area contributed by atoms with Gasteiger partial charge in [-0.1, -0.05) is 27.2 Å². The van der Waals surface area contributed by atoms with E-state index in [-0.39, 0.29) is 0 Å². The van der Waals surface area contributed by atoms with E-state index in [0.717, 1.165) is 18.9 Å². The van der Waals surface area contributed by atoms with Gasteiger partial charge in [0.1, 0.15) is 0 Å². The average molecular weight is 240 g/mol. The fourth-order valence-electron chi connectivity index (χ4n) is 2.00. The highest BCUT2D eigenvalue weighted by Gasteiger charge is 2.17. The van der Waals surface area contributed by atoms with Crippen molar-refractivity contribution in [3.63, 3.8) is 0 Å². The van der Waals surface area contributed by atoms with Crippen molar-refractivity contribution < 1.29 is 0 Å². The van der Waals surface area contributed by atoms with Gasteiger partial charge in [0.05, 0.1) is 5.01 Å². The van der Waals surface area contributed by atoms with Gasteiger partial charge >= 0.3 is 0 Å². The molecule has 1 aromatic rings. The number of nitrogens with zero attached hydrogens (tertiary/aromatic N) is 1. The second kappa shape index (κ2) is 7.80. The summed E-state index contributed by atoms with van der Waals surface area (Å²) in [5.41, 5.74) is 0. The van der Waals surface area contributed by atoms with Crippen LogP contribution in [0.15, 0.2) is 11.6 Å². The Kier molecular flexibility index (Phi) is 6.65. The smallest absolute Gasteiger partial charge is 0.0940 e. The lowest BCUT2D eigenvalue weighted by Crippen LogP contribution is -2.37. The molecule has 0 amide bonds. The third kappa shape index (κ3) is 4.62. The van der Waals surface area contributed by atoms with E-state index in [2.05, 4.69) is 36.5 Å². The molecule has 0 aromatic carbocycles. The van der Waals surface area contributed by atoms with Gasteiger partial charge in [0.25, 0.3) is 0 Å². The molecular formula is C13H24N2S. The molecule has 0 bridgehead atoms. The van der Waals surface area contributed by atoms with Crippen molar-refractivity contribution in [1.29, 1.82) is 0 Å². The molecule has 16 heavy (non-hydrogen) atoms. The Morgan fingerprint density at radius 2 is 2.19 bits per heavy atom. The van der Waals surface area contributed by atoms with Crippen molar-refractivity contribution in [2.45, 2.75) is 52.5 Å². The fraction of sp³-hybridized carbons (Fsp3) is 0.769. The first-order valence-electron chi connectivity index (χ1n) is 6.39. The molecule has 1 heterocycles. The molecule has 92 valence electrons. The Hall–Kier alpha value is -0.410. The minimum atomic E-state index is 0.589. The standard InChI is InChI=1S/C13H24N2S/c1-4-6-11(3)12(14-7-5-2)10-13-15-8-9-16-13/h8-9,11-12,14H,4-7,10H2,1-3H3. The van der Waals surface area contributed by atoms with Gasteiger partial charge < -0.3 is 5.32 Å². The molecule has 0 saturated heterocycles. The Morgan fingerprint density at radius 3 is 2.75 bits per heavy atom. The van der Waals surface area contributed by atoms with Crippen LogP contribution >= 0.6 is 11.3 Å². The lowest BCUT2D eigenvalue weighted by Gasteiger charge is -2.24. The van der Waals surface area contributed by atoms with Crippen LogP contribution in [0.5, 0.6) is 0 Å². The Labute approximate surface area is 103 Å². The zero-order valence-corrected chi connectivity index (χ0v) is 11.5. The van der Waals surface area contributed by atoms with Crippen molar-refractivity contribution in [3.05, 3.63) is 16.6 Å². The van der Waals surface area contributed by atoms with E-state index in [9.17, 15) is 0 Å². The van der Waals surface area contributed by atoms with Crippen molar-refractivity contribution in [3.8, 4) is 0 Å². The quantitative estimate of drug-likeness (QED) is 0.752. The molecule has 0 aliphatic rings. The van der Waals surface area contributed by atoms with Gasteiger partial charge in [-0.3, -0.25) is 0 Å². The van der Waals surface area contributed by atoms with Gasteiger partial charge in [0.2, 0.25) is 0 Å². The van der Waals surface area contributed by atoms with Crippen LogP contribution in [-0.2, 0) is 6.42 Å². The maximum Gasteiger partial charge on any atom is 0.0940 e. The van der Waals surface area contributed by atoms with Gasteiger partial charge in [-0.15, -0.1) is 11.3 Å². The molecule has 1 N–H and O–H groups in total. The zero-order chi connectivity index (χ0) is 11.8. The zero-order valence-electron chi connectivity index (χ0n) is 10.7. The second-order valence-electron chi connectivity index (χ2n) is 4.46. The van der Waals surface area contributed by atoms with Crippen molar-refractivity contribution in [2.24, 2.45) is 5.92 Å².